The Bertz CT molecular complexity index is 505. The van der Waals surface area contributed by atoms with Gasteiger partial charge in [0.1, 0.15) is 5.15 Å². The third-order valence-electron chi connectivity index (χ3n) is 3.09. The van der Waals surface area contributed by atoms with E-state index in [0.717, 1.165) is 29.4 Å². The molecular weight excluding hydrogens is 266 g/mol. The molecule has 2 aromatic rings. The van der Waals surface area contributed by atoms with E-state index in [1.54, 1.807) is 16.0 Å². The number of aryl methyl sites for hydroxylation is 2. The van der Waals surface area contributed by atoms with Crippen molar-refractivity contribution < 1.29 is 0 Å². The van der Waals surface area contributed by atoms with Crippen LogP contribution >= 0.6 is 22.9 Å². The van der Waals surface area contributed by atoms with Crippen LogP contribution in [0.3, 0.4) is 0 Å². The molecule has 0 aliphatic heterocycles. The third kappa shape index (κ3) is 2.76. The Morgan fingerprint density at radius 1 is 1.56 bits per heavy atom. The second kappa shape index (κ2) is 5.87. The molecule has 2 aromatic heterocycles. The topological polar surface area (TPSA) is 29.9 Å². The van der Waals surface area contributed by atoms with Gasteiger partial charge in [-0.25, -0.2) is 0 Å². The van der Waals surface area contributed by atoms with E-state index in [0.29, 0.717) is 6.04 Å². The Labute approximate surface area is 117 Å². The summed E-state index contributed by atoms with van der Waals surface area (Å²) in [5, 5.41) is 10.7. The van der Waals surface area contributed by atoms with Gasteiger partial charge < -0.3 is 5.32 Å². The molecule has 0 aromatic carbocycles. The maximum atomic E-state index is 6.23. The van der Waals surface area contributed by atoms with E-state index in [1.807, 2.05) is 14.0 Å². The van der Waals surface area contributed by atoms with Gasteiger partial charge >= 0.3 is 0 Å². The van der Waals surface area contributed by atoms with E-state index >= 15 is 0 Å². The summed E-state index contributed by atoms with van der Waals surface area (Å²) < 4.78 is 1.72. The fraction of sp³-hybridized carbons (Fsp3) is 0.462. The molecule has 5 heteroatoms. The molecule has 1 N–H and O–H groups in total. The zero-order valence-corrected chi connectivity index (χ0v) is 12.5. The van der Waals surface area contributed by atoms with E-state index in [-0.39, 0.29) is 0 Å². The maximum Gasteiger partial charge on any atom is 0.131 e. The first kappa shape index (κ1) is 13.6. The van der Waals surface area contributed by atoms with Crippen molar-refractivity contribution in [2.24, 2.45) is 7.05 Å². The maximum absolute atomic E-state index is 6.23. The molecule has 0 spiro atoms. The summed E-state index contributed by atoms with van der Waals surface area (Å²) >= 11 is 8.02. The highest BCUT2D eigenvalue weighted by molar-refractivity contribution is 7.10. The third-order valence-corrected chi connectivity index (χ3v) is 4.55. The lowest BCUT2D eigenvalue weighted by atomic mass is 10.1. The molecule has 2 heterocycles. The molecule has 0 fully saturated rings. The minimum Gasteiger partial charge on any atom is -0.305 e. The molecule has 2 rings (SSSR count). The highest BCUT2D eigenvalue weighted by Gasteiger charge is 2.14. The second-order valence-electron chi connectivity index (χ2n) is 4.34. The van der Waals surface area contributed by atoms with Crippen LogP contribution in [-0.4, -0.2) is 9.78 Å². The molecular formula is C13H18ClN3S. The van der Waals surface area contributed by atoms with Crippen LogP contribution in [0.1, 0.15) is 35.5 Å². The van der Waals surface area contributed by atoms with E-state index < -0.39 is 0 Å². The van der Waals surface area contributed by atoms with Gasteiger partial charge in [0.05, 0.1) is 5.69 Å². The molecule has 0 radical (unpaired) electrons. The Kier molecular flexibility index (Phi) is 4.43. The van der Waals surface area contributed by atoms with Crippen molar-refractivity contribution in [1.82, 2.24) is 15.1 Å². The van der Waals surface area contributed by atoms with Crippen LogP contribution in [0.2, 0.25) is 5.15 Å². The Morgan fingerprint density at radius 3 is 2.83 bits per heavy atom. The minimum atomic E-state index is 0.390. The monoisotopic (exact) mass is 283 g/mol. The normalized spacial score (nSPS) is 12.9. The molecule has 0 bridgehead atoms. The lowest BCUT2D eigenvalue weighted by Gasteiger charge is -2.15. The first-order valence-electron chi connectivity index (χ1n) is 6.08. The van der Waals surface area contributed by atoms with E-state index in [9.17, 15) is 0 Å². The number of hydrogen-bond acceptors (Lipinski definition) is 3. The summed E-state index contributed by atoms with van der Waals surface area (Å²) in [4.78, 5) is 1.37. The van der Waals surface area contributed by atoms with Crippen molar-refractivity contribution in [3.63, 3.8) is 0 Å². The summed E-state index contributed by atoms with van der Waals surface area (Å²) in [6.45, 7) is 4.94. The van der Waals surface area contributed by atoms with Gasteiger partial charge in [-0.05, 0) is 24.8 Å². The first-order chi connectivity index (χ1) is 8.63. The number of thiophene rings is 1. The Balaban J connectivity index is 2.06. The lowest BCUT2D eigenvalue weighted by Crippen LogP contribution is -2.19. The van der Waals surface area contributed by atoms with E-state index in [2.05, 4.69) is 34.9 Å². The standard InChI is InChI=1S/C13H18ClN3S/c1-4-11(12-6-5-7-18-12)15-8-10-9(2)16-17(3)13(10)14/h5-7,11,15H,4,8H2,1-3H3. The number of aromatic nitrogens is 2. The molecule has 0 aliphatic carbocycles. The van der Waals surface area contributed by atoms with Crippen LogP contribution in [-0.2, 0) is 13.6 Å². The number of nitrogens with one attached hydrogen (secondary N) is 1. The molecule has 98 valence electrons. The van der Waals surface area contributed by atoms with Crippen molar-refractivity contribution in [2.45, 2.75) is 32.9 Å². The predicted molar refractivity (Wildman–Crippen MR) is 77.1 cm³/mol. The van der Waals surface area contributed by atoms with Crippen molar-refractivity contribution in [1.29, 1.82) is 0 Å². The molecule has 0 amide bonds. The first-order valence-corrected chi connectivity index (χ1v) is 7.34. The SMILES string of the molecule is CCC(NCc1c(C)nn(C)c1Cl)c1cccs1. The minimum absolute atomic E-state index is 0.390. The van der Waals surface area contributed by atoms with E-state index in [4.69, 9.17) is 11.6 Å². The lowest BCUT2D eigenvalue weighted by molar-refractivity contribution is 0.525. The second-order valence-corrected chi connectivity index (χ2v) is 5.67. The Hall–Kier alpha value is -0.840. The van der Waals surface area contributed by atoms with Crippen LogP contribution in [0.25, 0.3) is 0 Å². The van der Waals surface area contributed by atoms with Gasteiger partial charge in [0.25, 0.3) is 0 Å². The van der Waals surface area contributed by atoms with Gasteiger partial charge in [0, 0.05) is 30.1 Å². The van der Waals surface area contributed by atoms with Crippen molar-refractivity contribution >= 4 is 22.9 Å². The van der Waals surface area contributed by atoms with Crippen LogP contribution in [0.4, 0.5) is 0 Å². The fourth-order valence-corrected chi connectivity index (χ4v) is 3.16. The summed E-state index contributed by atoms with van der Waals surface area (Å²) in [6, 6.07) is 4.65. The van der Waals surface area contributed by atoms with Crippen LogP contribution < -0.4 is 5.32 Å². The van der Waals surface area contributed by atoms with Crippen LogP contribution in [0.5, 0.6) is 0 Å². The number of rotatable bonds is 5. The molecule has 1 atom stereocenters. The summed E-state index contributed by atoms with van der Waals surface area (Å²) in [7, 11) is 1.87. The average molecular weight is 284 g/mol. The van der Waals surface area contributed by atoms with Gasteiger partial charge in [0.15, 0.2) is 0 Å². The predicted octanol–water partition coefficient (Wildman–Crippen LogP) is 3.68. The van der Waals surface area contributed by atoms with Gasteiger partial charge in [-0.3, -0.25) is 4.68 Å². The highest BCUT2D eigenvalue weighted by atomic mass is 35.5. The number of nitrogens with zero attached hydrogens (tertiary/aromatic N) is 2. The van der Waals surface area contributed by atoms with Gasteiger partial charge in [-0.2, -0.15) is 5.10 Å². The van der Waals surface area contributed by atoms with Gasteiger partial charge in [0.2, 0.25) is 0 Å². The van der Waals surface area contributed by atoms with E-state index in [1.165, 1.54) is 4.88 Å². The van der Waals surface area contributed by atoms with Crippen molar-refractivity contribution in [3.05, 3.63) is 38.8 Å². The van der Waals surface area contributed by atoms with Crippen molar-refractivity contribution in [2.75, 3.05) is 0 Å². The highest BCUT2D eigenvalue weighted by Crippen LogP contribution is 2.24. The molecule has 0 saturated heterocycles. The molecule has 1 unspecified atom stereocenters. The van der Waals surface area contributed by atoms with Crippen LogP contribution in [0, 0.1) is 6.92 Å². The quantitative estimate of drug-likeness (QED) is 0.907. The summed E-state index contributed by atoms with van der Waals surface area (Å²) in [5.74, 6) is 0. The fourth-order valence-electron chi connectivity index (χ4n) is 2.04. The zero-order chi connectivity index (χ0) is 13.1. The smallest absolute Gasteiger partial charge is 0.131 e. The average Bonchev–Trinajstić information content (AvgIpc) is 2.94. The number of halogens is 1. The largest absolute Gasteiger partial charge is 0.305 e. The van der Waals surface area contributed by atoms with Gasteiger partial charge in [-0.15, -0.1) is 11.3 Å². The number of hydrogen-bond donors (Lipinski definition) is 1. The van der Waals surface area contributed by atoms with Gasteiger partial charge in [-0.1, -0.05) is 24.6 Å². The molecule has 0 aliphatic rings. The molecule has 18 heavy (non-hydrogen) atoms. The summed E-state index contributed by atoms with van der Waals surface area (Å²) in [5.41, 5.74) is 2.09. The summed E-state index contributed by atoms with van der Waals surface area (Å²) in [6.07, 6.45) is 1.07. The Morgan fingerprint density at radius 2 is 2.33 bits per heavy atom. The zero-order valence-electron chi connectivity index (χ0n) is 10.9. The molecule has 3 nitrogen and oxygen atoms in total. The van der Waals surface area contributed by atoms with Crippen molar-refractivity contribution in [3.8, 4) is 0 Å². The molecule has 0 saturated carbocycles. The van der Waals surface area contributed by atoms with Crippen LogP contribution in [0.15, 0.2) is 17.5 Å².